The van der Waals surface area contributed by atoms with E-state index in [0.717, 1.165) is 5.56 Å². The van der Waals surface area contributed by atoms with E-state index in [-0.39, 0.29) is 6.61 Å². The minimum Gasteiger partial charge on any atom is -0.445 e. The molecule has 0 aliphatic carbocycles. The second-order valence-corrected chi connectivity index (χ2v) is 3.79. The van der Waals surface area contributed by atoms with Crippen molar-refractivity contribution in [2.24, 2.45) is 0 Å². The highest BCUT2D eigenvalue weighted by atomic mass is 35.5. The Morgan fingerprint density at radius 3 is 2.31 bits per heavy atom. The average Bonchev–Trinajstić information content (AvgIpc) is 2.19. The van der Waals surface area contributed by atoms with Crippen LogP contribution in [0.2, 0.25) is 5.02 Å². The van der Waals surface area contributed by atoms with Gasteiger partial charge in [0.05, 0.1) is 6.61 Å². The summed E-state index contributed by atoms with van der Waals surface area (Å²) in [5, 5.41) is 0.576. The van der Waals surface area contributed by atoms with Gasteiger partial charge in [-0.15, -0.1) is 12.1 Å². The molecule has 0 radical (unpaired) electrons. The summed E-state index contributed by atoms with van der Waals surface area (Å²) in [6.45, 7) is -2.45. The fourth-order valence-electron chi connectivity index (χ4n) is 0.975. The van der Waals surface area contributed by atoms with E-state index in [1.54, 1.807) is 24.3 Å². The zero-order chi connectivity index (χ0) is 12.2. The van der Waals surface area contributed by atoms with Gasteiger partial charge >= 0.3 is 6.98 Å². The van der Waals surface area contributed by atoms with Gasteiger partial charge in [-0.3, -0.25) is 0 Å². The van der Waals surface area contributed by atoms with Crippen molar-refractivity contribution in [2.45, 2.75) is 6.61 Å². The van der Waals surface area contributed by atoms with Crippen LogP contribution in [0.25, 0.3) is 0 Å². The van der Waals surface area contributed by atoms with Gasteiger partial charge in [0.2, 0.25) is 0 Å². The number of hydrogen-bond acceptors (Lipinski definition) is 1. The van der Waals surface area contributed by atoms with Gasteiger partial charge in [-0.2, -0.15) is 0 Å². The quantitative estimate of drug-likeness (QED) is 0.721. The van der Waals surface area contributed by atoms with Crippen LogP contribution in [-0.4, -0.2) is 13.6 Å². The van der Waals surface area contributed by atoms with Crippen LogP contribution in [0, 0.1) is 0 Å². The van der Waals surface area contributed by atoms with Crippen LogP contribution < -0.4 is 0 Å². The maximum atomic E-state index is 12.1. The summed E-state index contributed by atoms with van der Waals surface area (Å²) in [6.07, 6.45) is 0. The van der Waals surface area contributed by atoms with Gasteiger partial charge in [-0.1, -0.05) is 23.7 Å². The SMILES string of the molecule is C=C(COCc1ccc(Cl)cc1)[B-](F)(F)F. The van der Waals surface area contributed by atoms with Gasteiger partial charge in [0.25, 0.3) is 0 Å². The molecule has 16 heavy (non-hydrogen) atoms. The highest BCUT2D eigenvalue weighted by molar-refractivity contribution is 6.66. The van der Waals surface area contributed by atoms with Gasteiger partial charge < -0.3 is 17.7 Å². The maximum absolute atomic E-state index is 12.1. The lowest BCUT2D eigenvalue weighted by molar-refractivity contribution is 0.143. The van der Waals surface area contributed by atoms with Crippen molar-refractivity contribution in [3.05, 3.63) is 46.9 Å². The van der Waals surface area contributed by atoms with Gasteiger partial charge in [0.1, 0.15) is 0 Å². The monoisotopic (exact) mass is 249 g/mol. The molecule has 1 nitrogen and oxygen atoms in total. The topological polar surface area (TPSA) is 9.23 Å². The highest BCUT2D eigenvalue weighted by Gasteiger charge is 2.26. The van der Waals surface area contributed by atoms with Crippen LogP contribution in [0.3, 0.4) is 0 Å². The van der Waals surface area contributed by atoms with Crippen LogP contribution in [-0.2, 0) is 11.3 Å². The first kappa shape index (κ1) is 13.1. The summed E-state index contributed by atoms with van der Waals surface area (Å²) in [6, 6.07) is 6.71. The molecule has 0 saturated carbocycles. The molecule has 0 N–H and O–H groups in total. The molecule has 0 unspecified atom stereocenters. The molecule has 0 aromatic heterocycles. The van der Waals surface area contributed by atoms with Crippen LogP contribution in [0.1, 0.15) is 5.56 Å². The summed E-state index contributed by atoms with van der Waals surface area (Å²) >= 11 is 5.65. The molecular weight excluding hydrogens is 239 g/mol. The summed E-state index contributed by atoms with van der Waals surface area (Å²) < 4.78 is 41.2. The summed E-state index contributed by atoms with van der Waals surface area (Å²) in [4.78, 5) is 0. The second-order valence-electron chi connectivity index (χ2n) is 3.35. The molecular formula is C10H10BClF3O-. The van der Waals surface area contributed by atoms with Crippen molar-refractivity contribution >= 4 is 18.6 Å². The number of halogens is 4. The van der Waals surface area contributed by atoms with Gasteiger partial charge in [-0.05, 0) is 17.7 Å². The Morgan fingerprint density at radius 2 is 1.81 bits per heavy atom. The molecule has 88 valence electrons. The lowest BCUT2D eigenvalue weighted by Crippen LogP contribution is -2.22. The van der Waals surface area contributed by atoms with Crippen LogP contribution in [0.4, 0.5) is 12.9 Å². The van der Waals surface area contributed by atoms with Crippen LogP contribution >= 0.6 is 11.6 Å². The molecule has 0 amide bonds. The lowest BCUT2D eigenvalue weighted by Gasteiger charge is -2.17. The van der Waals surface area contributed by atoms with E-state index in [9.17, 15) is 12.9 Å². The largest absolute Gasteiger partial charge is 0.507 e. The third kappa shape index (κ3) is 4.29. The molecule has 1 aromatic rings. The first-order chi connectivity index (χ1) is 7.39. The molecule has 0 atom stereocenters. The Balaban J connectivity index is 2.36. The zero-order valence-corrected chi connectivity index (χ0v) is 9.18. The molecule has 0 fully saturated rings. The summed E-state index contributed by atoms with van der Waals surface area (Å²) in [5.74, 6) is 0. The van der Waals surface area contributed by atoms with Crippen molar-refractivity contribution in [3.63, 3.8) is 0 Å². The second kappa shape index (κ2) is 5.41. The van der Waals surface area contributed by atoms with E-state index in [1.807, 2.05) is 0 Å². The normalized spacial score (nSPS) is 11.5. The van der Waals surface area contributed by atoms with Crippen molar-refractivity contribution in [2.75, 3.05) is 6.61 Å². The number of rotatable bonds is 5. The van der Waals surface area contributed by atoms with Crippen molar-refractivity contribution in [1.29, 1.82) is 0 Å². The van der Waals surface area contributed by atoms with Crippen LogP contribution in [0.15, 0.2) is 36.3 Å². The predicted molar refractivity (Wildman–Crippen MR) is 59.3 cm³/mol. The first-order valence-corrected chi connectivity index (χ1v) is 4.97. The Kier molecular flexibility index (Phi) is 4.44. The molecule has 1 aromatic carbocycles. The van der Waals surface area contributed by atoms with E-state index in [1.165, 1.54) is 0 Å². The molecule has 0 heterocycles. The third-order valence-corrected chi connectivity index (χ3v) is 2.18. The van der Waals surface area contributed by atoms with Gasteiger partial charge in [0, 0.05) is 11.6 Å². The highest BCUT2D eigenvalue weighted by Crippen LogP contribution is 2.18. The Morgan fingerprint density at radius 1 is 1.25 bits per heavy atom. The average molecular weight is 249 g/mol. The van der Waals surface area contributed by atoms with E-state index < -0.39 is 19.1 Å². The van der Waals surface area contributed by atoms with Crippen molar-refractivity contribution < 1.29 is 17.7 Å². The van der Waals surface area contributed by atoms with E-state index in [0.29, 0.717) is 5.02 Å². The Hall–Kier alpha value is -0.935. The number of ether oxygens (including phenoxy) is 1. The van der Waals surface area contributed by atoms with Crippen molar-refractivity contribution in [3.8, 4) is 0 Å². The number of hydrogen-bond donors (Lipinski definition) is 0. The third-order valence-electron chi connectivity index (χ3n) is 1.93. The molecule has 6 heteroatoms. The van der Waals surface area contributed by atoms with Gasteiger partial charge in [0.15, 0.2) is 0 Å². The predicted octanol–water partition coefficient (Wildman–Crippen LogP) is 3.80. The molecule has 1 rings (SSSR count). The first-order valence-electron chi connectivity index (χ1n) is 4.59. The molecule has 0 aliphatic rings. The van der Waals surface area contributed by atoms with Crippen molar-refractivity contribution in [1.82, 2.24) is 0 Å². The van der Waals surface area contributed by atoms with E-state index in [4.69, 9.17) is 16.3 Å². The summed E-state index contributed by atoms with van der Waals surface area (Å²) in [5.41, 5.74) is -0.0548. The zero-order valence-electron chi connectivity index (χ0n) is 8.43. The minimum atomic E-state index is -5.00. The smallest absolute Gasteiger partial charge is 0.445 e. The summed E-state index contributed by atoms with van der Waals surface area (Å²) in [7, 11) is 0. The standard InChI is InChI=1S/C10H10BClF3O/c1-8(11(13,14)15)6-16-7-9-2-4-10(12)5-3-9/h2-5H,1,6-7H2/q-1. The minimum absolute atomic E-state index is 0.113. The number of benzene rings is 1. The fourth-order valence-corrected chi connectivity index (χ4v) is 1.10. The fraction of sp³-hybridized carbons (Fsp3) is 0.200. The Bertz CT molecular complexity index is 361. The van der Waals surface area contributed by atoms with E-state index in [2.05, 4.69) is 6.58 Å². The van der Waals surface area contributed by atoms with E-state index >= 15 is 0 Å². The van der Waals surface area contributed by atoms with Gasteiger partial charge in [-0.25, -0.2) is 0 Å². The maximum Gasteiger partial charge on any atom is 0.507 e. The molecule has 0 saturated heterocycles. The molecule has 0 spiro atoms. The van der Waals surface area contributed by atoms with Crippen LogP contribution in [0.5, 0.6) is 0 Å². The Labute approximate surface area is 96.9 Å². The molecule has 0 bridgehead atoms. The molecule has 0 aliphatic heterocycles. The lowest BCUT2D eigenvalue weighted by atomic mass is 9.81.